The molecule has 0 spiro atoms. The number of hydrogen-bond donors (Lipinski definition) is 0. The Kier molecular flexibility index (Phi) is 4.61. The number of rotatable bonds is 5. The molecule has 4 bridgehead atoms. The zero-order valence-corrected chi connectivity index (χ0v) is 19.4. The average molecular weight is 438 g/mol. The van der Waals surface area contributed by atoms with E-state index in [4.69, 9.17) is 13.9 Å². The first kappa shape index (κ1) is 21.3. The van der Waals surface area contributed by atoms with Gasteiger partial charge in [-0.1, -0.05) is 19.9 Å². The topological polar surface area (TPSA) is 69.0 Å². The third-order valence-electron chi connectivity index (χ3n) is 8.91. The van der Waals surface area contributed by atoms with E-state index in [0.717, 1.165) is 12.2 Å². The quantitative estimate of drug-likeness (QED) is 0.400. The lowest BCUT2D eigenvalue weighted by molar-refractivity contribution is -0.196. The van der Waals surface area contributed by atoms with Crippen LogP contribution in [0.2, 0.25) is 0 Å². The second-order valence-electron chi connectivity index (χ2n) is 10.1. The van der Waals surface area contributed by atoms with Crippen molar-refractivity contribution in [2.24, 2.45) is 10.8 Å². The Morgan fingerprint density at radius 1 is 1.22 bits per heavy atom. The van der Waals surface area contributed by atoms with Crippen LogP contribution in [0, 0.1) is 10.8 Å². The van der Waals surface area contributed by atoms with Crippen LogP contribution >= 0.6 is 0 Å². The lowest BCUT2D eigenvalue weighted by Gasteiger charge is -2.71. The maximum atomic E-state index is 13.9. The molecule has 1 saturated carbocycles. The van der Waals surface area contributed by atoms with E-state index >= 15 is 0 Å². The first-order chi connectivity index (χ1) is 15.2. The summed E-state index contributed by atoms with van der Waals surface area (Å²) in [4.78, 5) is 29.8. The molecule has 6 nitrogen and oxygen atoms in total. The minimum atomic E-state index is -1.29. The van der Waals surface area contributed by atoms with Gasteiger partial charge >= 0.3 is 5.97 Å². The maximum Gasteiger partial charge on any atom is 0.321 e. The molecule has 0 amide bonds. The molecular formula is C26H31NO5. The van der Waals surface area contributed by atoms with Gasteiger partial charge in [-0.3, -0.25) is 14.5 Å². The molecular weight excluding hydrogens is 406 g/mol. The minimum Gasteiger partial charge on any atom is -0.497 e. The van der Waals surface area contributed by atoms with Crippen molar-refractivity contribution < 1.29 is 23.5 Å². The summed E-state index contributed by atoms with van der Waals surface area (Å²) in [5, 5.41) is 0. The normalized spacial score (nSPS) is 35.3. The van der Waals surface area contributed by atoms with Crippen LogP contribution in [0.15, 0.2) is 41.0 Å². The van der Waals surface area contributed by atoms with E-state index in [1.54, 1.807) is 26.2 Å². The Morgan fingerprint density at radius 2 is 2.00 bits per heavy atom. The minimum absolute atomic E-state index is 0.198. The predicted octanol–water partition coefficient (Wildman–Crippen LogP) is 4.02. The van der Waals surface area contributed by atoms with Crippen LogP contribution < -0.4 is 4.74 Å². The van der Waals surface area contributed by atoms with E-state index in [1.165, 1.54) is 17.4 Å². The molecule has 3 fully saturated rings. The van der Waals surface area contributed by atoms with E-state index < -0.39 is 11.4 Å². The number of esters is 1. The van der Waals surface area contributed by atoms with Crippen molar-refractivity contribution in [1.29, 1.82) is 0 Å². The molecule has 3 unspecified atom stereocenters. The van der Waals surface area contributed by atoms with Crippen LogP contribution in [-0.2, 0) is 21.4 Å². The molecule has 0 radical (unpaired) electrons. The standard InChI is InChI=1S/C26H31NO5/c1-6-31-23(29)26(22(28)19-8-7-11-32-19)15-25(3)20-12-16-9-10-17(30-5)13-18(16)24(25,2)14-21(26)27(20)4/h7-11,13,20-21H,6,12,14-15H2,1-5H3/t20?,21?,24-,25+,26?/m0/s1. The number of piperidine rings is 2. The molecule has 2 aliphatic carbocycles. The number of carbonyl (C=O) groups is 2. The summed E-state index contributed by atoms with van der Waals surface area (Å²) in [5.74, 6) is 0.359. The second-order valence-corrected chi connectivity index (χ2v) is 10.1. The Bertz CT molecular complexity index is 1080. The summed E-state index contributed by atoms with van der Waals surface area (Å²) in [5.41, 5.74) is 0.795. The monoisotopic (exact) mass is 437 g/mol. The molecule has 6 heteroatoms. The van der Waals surface area contributed by atoms with Gasteiger partial charge in [-0.2, -0.15) is 0 Å². The van der Waals surface area contributed by atoms with Crippen molar-refractivity contribution >= 4 is 11.8 Å². The van der Waals surface area contributed by atoms with Crippen LogP contribution in [0.4, 0.5) is 0 Å². The molecule has 4 aliphatic rings. The van der Waals surface area contributed by atoms with E-state index in [-0.39, 0.29) is 41.1 Å². The van der Waals surface area contributed by atoms with Crippen molar-refractivity contribution in [3.05, 3.63) is 53.5 Å². The van der Waals surface area contributed by atoms with Gasteiger partial charge in [0.2, 0.25) is 5.78 Å². The number of hydrogen-bond acceptors (Lipinski definition) is 6. The highest BCUT2D eigenvalue weighted by Crippen LogP contribution is 2.68. The molecule has 5 atom stereocenters. The Balaban J connectivity index is 1.69. The average Bonchev–Trinajstić information content (AvgIpc) is 3.31. The molecule has 0 N–H and O–H groups in total. The molecule has 6 rings (SSSR count). The number of fused-ring (bicyclic) bond motifs is 2. The van der Waals surface area contributed by atoms with Gasteiger partial charge in [0, 0.05) is 17.5 Å². The molecule has 1 aromatic carbocycles. The summed E-state index contributed by atoms with van der Waals surface area (Å²) in [7, 11) is 3.75. The van der Waals surface area contributed by atoms with Gasteiger partial charge in [0.1, 0.15) is 11.2 Å². The van der Waals surface area contributed by atoms with E-state index in [1.807, 2.05) is 6.07 Å². The van der Waals surface area contributed by atoms with Crippen LogP contribution in [-0.4, -0.2) is 49.5 Å². The van der Waals surface area contributed by atoms with Crippen molar-refractivity contribution in [2.75, 3.05) is 20.8 Å². The zero-order valence-electron chi connectivity index (χ0n) is 19.4. The van der Waals surface area contributed by atoms with Crippen molar-refractivity contribution in [3.63, 3.8) is 0 Å². The van der Waals surface area contributed by atoms with Crippen LogP contribution in [0.25, 0.3) is 0 Å². The van der Waals surface area contributed by atoms with Crippen molar-refractivity contribution in [3.8, 4) is 5.75 Å². The predicted molar refractivity (Wildman–Crippen MR) is 119 cm³/mol. The number of nitrogens with zero attached hydrogens (tertiary/aromatic N) is 1. The highest BCUT2D eigenvalue weighted by molar-refractivity contribution is 6.12. The smallest absolute Gasteiger partial charge is 0.321 e. The van der Waals surface area contributed by atoms with Crippen LogP contribution in [0.3, 0.4) is 0 Å². The molecule has 2 saturated heterocycles. The molecule has 3 heterocycles. The number of methoxy groups -OCH3 is 1. The third kappa shape index (κ3) is 2.44. The Hall–Kier alpha value is -2.60. The summed E-state index contributed by atoms with van der Waals surface area (Å²) < 4.78 is 16.6. The van der Waals surface area contributed by atoms with Crippen molar-refractivity contribution in [1.82, 2.24) is 4.90 Å². The van der Waals surface area contributed by atoms with Gasteiger partial charge in [-0.05, 0) is 74.0 Å². The number of Topliss-reactive ketones (excluding diaryl/α,β-unsaturated/α-hetero) is 1. The molecule has 170 valence electrons. The third-order valence-corrected chi connectivity index (χ3v) is 8.91. The van der Waals surface area contributed by atoms with Gasteiger partial charge in [-0.25, -0.2) is 0 Å². The molecule has 32 heavy (non-hydrogen) atoms. The van der Waals surface area contributed by atoms with E-state index in [0.29, 0.717) is 12.8 Å². The van der Waals surface area contributed by atoms with Gasteiger partial charge in [0.05, 0.1) is 20.0 Å². The van der Waals surface area contributed by atoms with E-state index in [9.17, 15) is 9.59 Å². The summed E-state index contributed by atoms with van der Waals surface area (Å²) in [6, 6.07) is 9.62. The zero-order chi connectivity index (χ0) is 22.9. The largest absolute Gasteiger partial charge is 0.497 e. The van der Waals surface area contributed by atoms with Crippen LogP contribution in [0.5, 0.6) is 5.75 Å². The first-order valence-electron chi connectivity index (χ1n) is 11.4. The highest BCUT2D eigenvalue weighted by atomic mass is 16.5. The number of furan rings is 1. The number of ether oxygens (including phenoxy) is 2. The SMILES string of the molecule is CCOC(=O)C1(C(=O)c2ccco2)C[C@]2(C)C3Cc4ccc(OC)cc4[C@]2(C)CC1N3C. The van der Waals surface area contributed by atoms with E-state index in [2.05, 4.69) is 37.9 Å². The molecule has 2 aromatic rings. The summed E-state index contributed by atoms with van der Waals surface area (Å²) in [6.07, 6.45) is 3.48. The first-order valence-corrected chi connectivity index (χ1v) is 11.4. The summed E-state index contributed by atoms with van der Waals surface area (Å²) >= 11 is 0. The lowest BCUT2D eigenvalue weighted by Crippen LogP contribution is -2.78. The summed E-state index contributed by atoms with van der Waals surface area (Å²) in [6.45, 7) is 6.56. The van der Waals surface area contributed by atoms with Gasteiger partial charge in [-0.15, -0.1) is 0 Å². The Morgan fingerprint density at radius 3 is 2.66 bits per heavy atom. The fraction of sp³-hybridized carbons (Fsp3) is 0.538. The number of carbonyl (C=O) groups excluding carboxylic acids is 2. The van der Waals surface area contributed by atoms with Gasteiger partial charge in [0.15, 0.2) is 5.76 Å². The molecule has 1 aromatic heterocycles. The molecule has 2 aliphatic heterocycles. The number of benzene rings is 1. The Labute approximate surface area is 188 Å². The van der Waals surface area contributed by atoms with Gasteiger partial charge in [0.25, 0.3) is 0 Å². The fourth-order valence-electron chi connectivity index (χ4n) is 7.12. The van der Waals surface area contributed by atoms with Crippen LogP contribution in [0.1, 0.15) is 55.3 Å². The number of likely N-dealkylation sites (N-methyl/N-ethyl adjacent to an activating group) is 1. The van der Waals surface area contributed by atoms with Gasteiger partial charge < -0.3 is 13.9 Å². The van der Waals surface area contributed by atoms with Crippen molar-refractivity contribution in [2.45, 2.75) is 57.5 Å². The lowest BCUT2D eigenvalue weighted by atomic mass is 9.39. The second kappa shape index (κ2) is 6.95. The maximum absolute atomic E-state index is 13.9. The highest BCUT2D eigenvalue weighted by Gasteiger charge is 2.74. The number of ketones is 1. The fourth-order valence-corrected chi connectivity index (χ4v) is 7.12.